The van der Waals surface area contributed by atoms with Crippen molar-refractivity contribution in [3.05, 3.63) is 35.4 Å². The zero-order valence-corrected chi connectivity index (χ0v) is 10.8. The van der Waals surface area contributed by atoms with Crippen LogP contribution in [-0.2, 0) is 6.04 Å². The molecule has 1 rings (SSSR count). The lowest BCUT2D eigenvalue weighted by molar-refractivity contribution is 0.101. The Morgan fingerprint density at radius 1 is 1.21 bits per heavy atom. The van der Waals surface area contributed by atoms with Crippen LogP contribution in [0.5, 0.6) is 0 Å². The van der Waals surface area contributed by atoms with Gasteiger partial charge in [0.1, 0.15) is 0 Å². The molecule has 0 spiro atoms. The van der Waals surface area contributed by atoms with Crippen LogP contribution in [0.2, 0.25) is 0 Å². The summed E-state index contributed by atoms with van der Waals surface area (Å²) in [6.07, 6.45) is 0. The van der Waals surface area contributed by atoms with E-state index in [9.17, 15) is 4.79 Å². The molecule has 0 aliphatic heterocycles. The summed E-state index contributed by atoms with van der Waals surface area (Å²) in [4.78, 5) is 11.0. The zero-order chi connectivity index (χ0) is 10.8. The number of halogens is 3. The Balaban J connectivity index is 2.79. The van der Waals surface area contributed by atoms with Crippen LogP contribution in [0, 0.1) is 0 Å². The number of carbonyl (C=O) groups excluding carboxylic acids is 1. The van der Waals surface area contributed by atoms with E-state index in [0.29, 0.717) is 11.6 Å². The van der Waals surface area contributed by atoms with E-state index in [-0.39, 0.29) is 5.78 Å². The van der Waals surface area contributed by atoms with E-state index >= 15 is 0 Å². The molecule has 0 heterocycles. The molecule has 76 valence electrons. The van der Waals surface area contributed by atoms with Crippen molar-refractivity contribution >= 4 is 45.0 Å². The van der Waals surface area contributed by atoms with Crippen LogP contribution in [0.3, 0.4) is 0 Å². The minimum atomic E-state index is -2.61. The molecule has 0 fully saturated rings. The topological polar surface area (TPSA) is 17.1 Å². The Bertz CT molecular complexity index is 329. The first-order valence-corrected chi connectivity index (χ1v) is 9.29. The van der Waals surface area contributed by atoms with Crippen LogP contribution in [-0.4, -0.2) is 11.8 Å². The molecule has 0 aliphatic carbocycles. The van der Waals surface area contributed by atoms with Crippen LogP contribution in [0.15, 0.2) is 24.3 Å². The molecule has 0 saturated heterocycles. The van der Waals surface area contributed by atoms with Crippen molar-refractivity contribution in [2.45, 2.75) is 13.0 Å². The lowest BCUT2D eigenvalue weighted by Gasteiger charge is -2.07. The highest BCUT2D eigenvalue weighted by Gasteiger charge is 2.25. The summed E-state index contributed by atoms with van der Waals surface area (Å²) in [5.41, 5.74) is 1.64. The predicted molar refractivity (Wildman–Crippen MR) is 63.5 cm³/mol. The number of benzene rings is 1. The van der Waals surface area contributed by atoms with Gasteiger partial charge >= 0.3 is 6.00 Å². The van der Waals surface area contributed by atoms with E-state index in [1.807, 2.05) is 12.1 Å². The van der Waals surface area contributed by atoms with Gasteiger partial charge in [0.2, 0.25) is 0 Å². The molecular formula is C9H9Cl3OSi. The monoisotopic (exact) mass is 266 g/mol. The molecule has 5 heteroatoms. The molecule has 0 N–H and O–H groups in total. The van der Waals surface area contributed by atoms with Crippen LogP contribution in [0.1, 0.15) is 22.8 Å². The Morgan fingerprint density at radius 3 is 2.07 bits per heavy atom. The fourth-order valence-electron chi connectivity index (χ4n) is 1.09. The molecule has 1 aromatic carbocycles. The van der Waals surface area contributed by atoms with Gasteiger partial charge in [-0.2, -0.15) is 0 Å². The number of carbonyl (C=O) groups is 1. The number of Topliss-reactive ketones (excluding diaryl/α,β-unsaturated/α-hetero) is 1. The van der Waals surface area contributed by atoms with Gasteiger partial charge in [-0.1, -0.05) is 24.3 Å². The smallest absolute Gasteiger partial charge is 0.295 e. The van der Waals surface area contributed by atoms with Crippen LogP contribution in [0.25, 0.3) is 0 Å². The van der Waals surface area contributed by atoms with E-state index < -0.39 is 6.00 Å². The second-order valence-electron chi connectivity index (χ2n) is 3.05. The Hall–Kier alpha value is -0.0231. The third-order valence-corrected chi connectivity index (χ3v) is 3.78. The lowest BCUT2D eigenvalue weighted by Crippen LogP contribution is -2.14. The van der Waals surface area contributed by atoms with Crippen LogP contribution in [0.4, 0.5) is 0 Å². The molecule has 1 aromatic rings. The molecule has 0 saturated carbocycles. The average molecular weight is 268 g/mol. The molecule has 0 atom stereocenters. The molecule has 0 bridgehead atoms. The number of hydrogen-bond donors (Lipinski definition) is 0. The Kier molecular flexibility index (Phi) is 4.01. The molecule has 0 radical (unpaired) electrons. The first-order valence-electron chi connectivity index (χ1n) is 4.05. The Labute approximate surface area is 98.1 Å². The van der Waals surface area contributed by atoms with Crippen molar-refractivity contribution in [2.24, 2.45) is 0 Å². The second kappa shape index (κ2) is 4.66. The van der Waals surface area contributed by atoms with Crippen LogP contribution >= 0.6 is 33.2 Å². The fraction of sp³-hybridized carbons (Fsp3) is 0.222. The van der Waals surface area contributed by atoms with Crippen molar-refractivity contribution in [1.29, 1.82) is 0 Å². The van der Waals surface area contributed by atoms with E-state index in [2.05, 4.69) is 0 Å². The summed E-state index contributed by atoms with van der Waals surface area (Å²) in [5.74, 6) is 0.0441. The molecule has 1 nitrogen and oxygen atoms in total. The highest BCUT2D eigenvalue weighted by atomic mass is 35.8. The summed E-state index contributed by atoms with van der Waals surface area (Å²) in [5, 5.41) is 0. The van der Waals surface area contributed by atoms with Crippen molar-refractivity contribution in [1.82, 2.24) is 0 Å². The van der Waals surface area contributed by atoms with Gasteiger partial charge in [-0.25, -0.2) is 0 Å². The standard InChI is InChI=1S/C9H9Cl3OSi/c1-7(13)9-4-2-8(3-5-9)6-14(10,11)12/h2-5H,6H2,1H3. The third kappa shape index (κ3) is 4.01. The van der Waals surface area contributed by atoms with Crippen molar-refractivity contribution in [3.63, 3.8) is 0 Å². The first kappa shape index (κ1) is 12.0. The highest BCUT2D eigenvalue weighted by Crippen LogP contribution is 2.24. The predicted octanol–water partition coefficient (Wildman–Crippen LogP) is 3.63. The van der Waals surface area contributed by atoms with Gasteiger partial charge in [0.15, 0.2) is 5.78 Å². The summed E-state index contributed by atoms with van der Waals surface area (Å²) in [6.45, 7) is 1.53. The summed E-state index contributed by atoms with van der Waals surface area (Å²) < 4.78 is 0. The third-order valence-electron chi connectivity index (χ3n) is 1.77. The van der Waals surface area contributed by atoms with Crippen molar-refractivity contribution in [2.75, 3.05) is 0 Å². The van der Waals surface area contributed by atoms with E-state index in [0.717, 1.165) is 5.56 Å². The minimum Gasteiger partial charge on any atom is -0.295 e. The van der Waals surface area contributed by atoms with Gasteiger partial charge in [-0.3, -0.25) is 4.79 Å². The van der Waals surface area contributed by atoms with Gasteiger partial charge in [-0.15, -0.1) is 33.2 Å². The maximum Gasteiger partial charge on any atom is 0.345 e. The minimum absolute atomic E-state index is 0.0441. The maximum atomic E-state index is 11.0. The fourth-order valence-corrected chi connectivity index (χ4v) is 3.18. The van der Waals surface area contributed by atoms with E-state index in [1.54, 1.807) is 12.1 Å². The molecule has 14 heavy (non-hydrogen) atoms. The van der Waals surface area contributed by atoms with E-state index in [1.165, 1.54) is 6.92 Å². The molecular weight excluding hydrogens is 259 g/mol. The molecule has 0 unspecified atom stereocenters. The largest absolute Gasteiger partial charge is 0.345 e. The van der Waals surface area contributed by atoms with Crippen LogP contribution < -0.4 is 0 Å². The molecule has 0 amide bonds. The summed E-state index contributed by atoms with van der Waals surface area (Å²) in [7, 11) is 0. The number of rotatable bonds is 3. The number of hydrogen-bond acceptors (Lipinski definition) is 1. The Morgan fingerprint density at radius 2 is 1.71 bits per heavy atom. The van der Waals surface area contributed by atoms with Gasteiger partial charge in [-0.05, 0) is 12.5 Å². The summed E-state index contributed by atoms with van der Waals surface area (Å²) in [6, 6.07) is 5.03. The van der Waals surface area contributed by atoms with E-state index in [4.69, 9.17) is 33.2 Å². The van der Waals surface area contributed by atoms with Gasteiger partial charge < -0.3 is 0 Å². The summed E-state index contributed by atoms with van der Waals surface area (Å²) >= 11 is 17.3. The number of ketones is 1. The maximum absolute atomic E-state index is 11.0. The zero-order valence-electron chi connectivity index (χ0n) is 7.56. The first-order chi connectivity index (χ1) is 6.38. The normalized spacial score (nSPS) is 11.4. The second-order valence-corrected chi connectivity index (χ2v) is 12.2. The molecule has 0 aromatic heterocycles. The quantitative estimate of drug-likeness (QED) is 0.464. The SMILES string of the molecule is CC(=O)c1ccc(C[Si](Cl)(Cl)Cl)cc1. The molecule has 0 aliphatic rings. The highest BCUT2D eigenvalue weighted by molar-refractivity contribution is 7.64. The van der Waals surface area contributed by atoms with Gasteiger partial charge in [0.05, 0.1) is 0 Å². The van der Waals surface area contributed by atoms with Gasteiger partial charge in [0, 0.05) is 11.6 Å². The lowest BCUT2D eigenvalue weighted by atomic mass is 10.1. The van der Waals surface area contributed by atoms with Crippen molar-refractivity contribution in [3.8, 4) is 0 Å². The van der Waals surface area contributed by atoms with Crippen molar-refractivity contribution < 1.29 is 4.79 Å². The van der Waals surface area contributed by atoms with Gasteiger partial charge in [0.25, 0.3) is 0 Å². The average Bonchev–Trinajstić information content (AvgIpc) is 2.02.